The summed E-state index contributed by atoms with van der Waals surface area (Å²) in [6.45, 7) is 0.950. The van der Waals surface area contributed by atoms with Crippen molar-refractivity contribution in [2.75, 3.05) is 18.6 Å². The number of aromatic nitrogens is 3. The van der Waals surface area contributed by atoms with E-state index >= 15 is 0 Å². The number of nitrogens with zero attached hydrogens (tertiary/aromatic N) is 4. The number of para-hydroxylation sites is 1. The van der Waals surface area contributed by atoms with Crippen LogP contribution in [-0.2, 0) is 6.42 Å². The third-order valence-corrected chi connectivity index (χ3v) is 4.53. The zero-order chi connectivity index (χ0) is 17.1. The van der Waals surface area contributed by atoms with Gasteiger partial charge in [0.25, 0.3) is 0 Å². The molecule has 4 rings (SSSR count). The van der Waals surface area contributed by atoms with Crippen molar-refractivity contribution >= 4 is 5.82 Å². The smallest absolute Gasteiger partial charge is 0.217 e. The van der Waals surface area contributed by atoms with Crippen molar-refractivity contribution in [3.63, 3.8) is 0 Å². The summed E-state index contributed by atoms with van der Waals surface area (Å²) in [7, 11) is 1.68. The highest BCUT2D eigenvalue weighted by atomic mass is 16.5. The van der Waals surface area contributed by atoms with Crippen molar-refractivity contribution in [2.45, 2.75) is 25.3 Å². The molecule has 0 radical (unpaired) electrons. The van der Waals surface area contributed by atoms with Gasteiger partial charge in [0.15, 0.2) is 0 Å². The van der Waals surface area contributed by atoms with Gasteiger partial charge in [0.1, 0.15) is 29.7 Å². The number of benzene rings is 1. The molecular weight excluding hydrogens is 316 g/mol. The molecule has 1 aliphatic heterocycles. The average molecular weight is 336 g/mol. The molecule has 3 heterocycles. The molecule has 1 saturated heterocycles. The highest BCUT2D eigenvalue weighted by molar-refractivity contribution is 5.40. The first-order valence-corrected chi connectivity index (χ1v) is 8.44. The molecule has 2 aromatic heterocycles. The summed E-state index contributed by atoms with van der Waals surface area (Å²) in [6, 6.07) is 10.0. The van der Waals surface area contributed by atoms with Crippen LogP contribution in [0.3, 0.4) is 0 Å². The molecule has 6 nitrogen and oxygen atoms in total. The fourth-order valence-corrected chi connectivity index (χ4v) is 3.35. The molecule has 0 aliphatic carbocycles. The van der Waals surface area contributed by atoms with E-state index in [1.54, 1.807) is 19.6 Å². The number of ether oxygens (including phenoxy) is 1. The third kappa shape index (κ3) is 3.20. The first-order valence-electron chi connectivity index (χ1n) is 8.44. The molecule has 0 amide bonds. The minimum absolute atomic E-state index is 0.126. The summed E-state index contributed by atoms with van der Waals surface area (Å²) in [6.07, 6.45) is 7.93. The normalized spacial score (nSPS) is 17.0. The maximum atomic E-state index is 6.07. The van der Waals surface area contributed by atoms with Crippen molar-refractivity contribution in [3.05, 3.63) is 66.3 Å². The average Bonchev–Trinajstić information content (AvgIpc) is 3.32. The second-order valence-electron chi connectivity index (χ2n) is 6.07. The van der Waals surface area contributed by atoms with Gasteiger partial charge in [-0.05, 0) is 25.0 Å². The topological polar surface area (TPSA) is 64.3 Å². The molecule has 25 heavy (non-hydrogen) atoms. The Balaban J connectivity index is 1.55. The minimum atomic E-state index is 0.126. The lowest BCUT2D eigenvalue weighted by Gasteiger charge is -2.22. The Labute approximate surface area is 146 Å². The number of hydrogen-bond acceptors (Lipinski definition) is 6. The predicted molar refractivity (Wildman–Crippen MR) is 93.7 cm³/mol. The Morgan fingerprint density at radius 1 is 1.24 bits per heavy atom. The van der Waals surface area contributed by atoms with E-state index in [2.05, 4.69) is 19.9 Å². The van der Waals surface area contributed by atoms with Gasteiger partial charge < -0.3 is 14.1 Å². The predicted octanol–water partition coefficient (Wildman–Crippen LogP) is 3.41. The molecular formula is C19H20N4O2. The van der Waals surface area contributed by atoms with Gasteiger partial charge in [0.05, 0.1) is 13.3 Å². The van der Waals surface area contributed by atoms with E-state index in [0.717, 1.165) is 48.2 Å². The van der Waals surface area contributed by atoms with Crippen LogP contribution in [0.5, 0.6) is 5.75 Å². The second-order valence-corrected chi connectivity index (χ2v) is 6.07. The Kier molecular flexibility index (Phi) is 4.33. The molecule has 1 fully saturated rings. The van der Waals surface area contributed by atoms with Gasteiger partial charge in [-0.1, -0.05) is 18.2 Å². The standard InChI is InChI=1S/C19H20N4O2/c1-24-17-7-3-2-5-14(17)11-15-12-21-19(25-15)16-6-4-10-23(16)18-8-9-20-13-22-18/h2-3,5,7-9,12-13,16H,4,6,10-11H2,1H3/t16-/m1/s1. The molecule has 1 aliphatic rings. The van der Waals surface area contributed by atoms with Gasteiger partial charge in [0.2, 0.25) is 5.89 Å². The first-order chi connectivity index (χ1) is 12.3. The van der Waals surface area contributed by atoms with E-state index in [-0.39, 0.29) is 6.04 Å². The molecule has 128 valence electrons. The van der Waals surface area contributed by atoms with E-state index in [9.17, 15) is 0 Å². The van der Waals surface area contributed by atoms with Crippen molar-refractivity contribution in [1.29, 1.82) is 0 Å². The number of hydrogen-bond donors (Lipinski definition) is 0. The maximum Gasteiger partial charge on any atom is 0.217 e. The lowest BCUT2D eigenvalue weighted by Crippen LogP contribution is -2.23. The number of oxazole rings is 1. The summed E-state index contributed by atoms with van der Waals surface area (Å²) in [5.74, 6) is 3.38. The van der Waals surface area contributed by atoms with E-state index in [1.807, 2.05) is 36.5 Å². The summed E-state index contributed by atoms with van der Waals surface area (Å²) < 4.78 is 11.5. The second kappa shape index (κ2) is 6.93. The van der Waals surface area contributed by atoms with E-state index in [4.69, 9.17) is 9.15 Å². The van der Waals surface area contributed by atoms with Crippen LogP contribution >= 0.6 is 0 Å². The van der Waals surface area contributed by atoms with Gasteiger partial charge in [-0.15, -0.1) is 0 Å². The SMILES string of the molecule is COc1ccccc1Cc1cnc([C@H]2CCCN2c2ccncn2)o1. The van der Waals surface area contributed by atoms with Crippen LogP contribution < -0.4 is 9.64 Å². The Morgan fingerprint density at radius 2 is 2.16 bits per heavy atom. The molecule has 3 aromatic rings. The molecule has 0 unspecified atom stereocenters. The third-order valence-electron chi connectivity index (χ3n) is 4.53. The first kappa shape index (κ1) is 15.6. The van der Waals surface area contributed by atoms with E-state index in [0.29, 0.717) is 6.42 Å². The molecule has 1 aromatic carbocycles. The highest BCUT2D eigenvalue weighted by Gasteiger charge is 2.30. The molecule has 0 spiro atoms. The Morgan fingerprint density at radius 3 is 3.00 bits per heavy atom. The van der Waals surface area contributed by atoms with E-state index in [1.165, 1.54) is 0 Å². The van der Waals surface area contributed by atoms with Crippen molar-refractivity contribution in [1.82, 2.24) is 15.0 Å². The van der Waals surface area contributed by atoms with Gasteiger partial charge in [0, 0.05) is 24.7 Å². The van der Waals surface area contributed by atoms with Crippen molar-refractivity contribution in [3.8, 4) is 5.75 Å². The monoisotopic (exact) mass is 336 g/mol. The molecule has 6 heteroatoms. The summed E-state index contributed by atoms with van der Waals surface area (Å²) >= 11 is 0. The van der Waals surface area contributed by atoms with Crippen LogP contribution in [0, 0.1) is 0 Å². The van der Waals surface area contributed by atoms with Crippen LogP contribution in [0.2, 0.25) is 0 Å². The van der Waals surface area contributed by atoms with Crippen LogP contribution in [0.25, 0.3) is 0 Å². The largest absolute Gasteiger partial charge is 0.496 e. The van der Waals surface area contributed by atoms with Crippen molar-refractivity contribution in [2.24, 2.45) is 0 Å². The number of rotatable bonds is 5. The Bertz CT molecular complexity index is 834. The van der Waals surface area contributed by atoms with Crippen molar-refractivity contribution < 1.29 is 9.15 Å². The van der Waals surface area contributed by atoms with Crippen LogP contribution in [-0.4, -0.2) is 28.6 Å². The Hall–Kier alpha value is -2.89. The number of methoxy groups -OCH3 is 1. The number of anilines is 1. The van der Waals surface area contributed by atoms with Gasteiger partial charge in [-0.25, -0.2) is 15.0 Å². The molecule has 0 saturated carbocycles. The molecule has 0 N–H and O–H groups in total. The summed E-state index contributed by atoms with van der Waals surface area (Å²) in [5, 5.41) is 0. The lowest BCUT2D eigenvalue weighted by molar-refractivity contribution is 0.403. The molecule has 1 atom stereocenters. The highest BCUT2D eigenvalue weighted by Crippen LogP contribution is 2.35. The lowest BCUT2D eigenvalue weighted by atomic mass is 10.1. The van der Waals surface area contributed by atoms with Crippen LogP contribution in [0.15, 0.2) is 53.5 Å². The maximum absolute atomic E-state index is 6.07. The summed E-state index contributed by atoms with van der Waals surface area (Å²) in [4.78, 5) is 15.1. The summed E-state index contributed by atoms with van der Waals surface area (Å²) in [5.41, 5.74) is 1.09. The quantitative estimate of drug-likeness (QED) is 0.711. The zero-order valence-corrected chi connectivity index (χ0v) is 14.1. The van der Waals surface area contributed by atoms with Crippen LogP contribution in [0.1, 0.15) is 36.1 Å². The van der Waals surface area contributed by atoms with Gasteiger partial charge in [-0.3, -0.25) is 0 Å². The molecule has 0 bridgehead atoms. The zero-order valence-electron chi connectivity index (χ0n) is 14.1. The van der Waals surface area contributed by atoms with Gasteiger partial charge in [-0.2, -0.15) is 0 Å². The fraction of sp³-hybridized carbons (Fsp3) is 0.316. The van der Waals surface area contributed by atoms with E-state index < -0.39 is 0 Å². The minimum Gasteiger partial charge on any atom is -0.496 e. The van der Waals surface area contributed by atoms with Crippen LogP contribution in [0.4, 0.5) is 5.82 Å². The fourth-order valence-electron chi connectivity index (χ4n) is 3.35. The van der Waals surface area contributed by atoms with Gasteiger partial charge >= 0.3 is 0 Å².